The first kappa shape index (κ1) is 14.8. The van der Waals surface area contributed by atoms with E-state index in [1.807, 2.05) is 18.2 Å². The van der Waals surface area contributed by atoms with E-state index in [9.17, 15) is 5.11 Å². The highest BCUT2D eigenvalue weighted by Crippen LogP contribution is 2.30. The summed E-state index contributed by atoms with van der Waals surface area (Å²) in [6, 6.07) is 5.56. The largest absolute Gasteiger partial charge is 0.493 e. The summed E-state index contributed by atoms with van der Waals surface area (Å²) < 4.78 is 11.1. The zero-order valence-corrected chi connectivity index (χ0v) is 11.8. The fourth-order valence-corrected chi connectivity index (χ4v) is 1.80. The Hall–Kier alpha value is -1.22. The maximum atomic E-state index is 9.53. The van der Waals surface area contributed by atoms with E-state index in [2.05, 4.69) is 13.8 Å². The molecule has 3 nitrogen and oxygen atoms in total. The van der Waals surface area contributed by atoms with Gasteiger partial charge in [0.25, 0.3) is 0 Å². The second kappa shape index (κ2) is 7.27. The van der Waals surface area contributed by atoms with Crippen molar-refractivity contribution in [1.82, 2.24) is 0 Å². The Bertz CT molecular complexity index is 357. The third-order valence-electron chi connectivity index (χ3n) is 3.30. The number of hydrogen-bond acceptors (Lipinski definition) is 3. The zero-order chi connectivity index (χ0) is 13.5. The normalized spacial score (nSPS) is 12.6. The standard InChI is InChI=1S/C15H24O3/c1-5-12(6-2)10-18-14-8-7-13(11(3)16)9-15(14)17-4/h7-9,11-12,16H,5-6,10H2,1-4H3/t11-/m0/s1. The number of benzene rings is 1. The van der Waals surface area contributed by atoms with Crippen LogP contribution in [0.4, 0.5) is 0 Å². The van der Waals surface area contributed by atoms with Crippen molar-refractivity contribution in [3.63, 3.8) is 0 Å². The molecule has 1 N–H and O–H groups in total. The average molecular weight is 252 g/mol. The quantitative estimate of drug-likeness (QED) is 0.806. The van der Waals surface area contributed by atoms with Crippen LogP contribution in [0.15, 0.2) is 18.2 Å². The van der Waals surface area contributed by atoms with E-state index < -0.39 is 6.10 Å². The summed E-state index contributed by atoms with van der Waals surface area (Å²) in [5.41, 5.74) is 0.835. The van der Waals surface area contributed by atoms with Crippen LogP contribution < -0.4 is 9.47 Å². The van der Waals surface area contributed by atoms with Gasteiger partial charge in [0.05, 0.1) is 19.8 Å². The molecule has 0 aliphatic carbocycles. The number of methoxy groups -OCH3 is 1. The summed E-state index contributed by atoms with van der Waals surface area (Å²) in [5.74, 6) is 2.00. The molecule has 1 atom stereocenters. The molecule has 0 fully saturated rings. The van der Waals surface area contributed by atoms with Gasteiger partial charge in [-0.3, -0.25) is 0 Å². The molecule has 1 aromatic carbocycles. The smallest absolute Gasteiger partial charge is 0.161 e. The zero-order valence-electron chi connectivity index (χ0n) is 11.8. The van der Waals surface area contributed by atoms with Gasteiger partial charge in [0.15, 0.2) is 11.5 Å². The minimum Gasteiger partial charge on any atom is -0.493 e. The van der Waals surface area contributed by atoms with Crippen LogP contribution in [-0.2, 0) is 0 Å². The van der Waals surface area contributed by atoms with Crippen molar-refractivity contribution >= 4 is 0 Å². The van der Waals surface area contributed by atoms with Crippen LogP contribution in [0.5, 0.6) is 11.5 Å². The summed E-state index contributed by atoms with van der Waals surface area (Å²) in [4.78, 5) is 0. The Morgan fingerprint density at radius 2 is 1.83 bits per heavy atom. The van der Waals surface area contributed by atoms with Crippen molar-refractivity contribution in [2.45, 2.75) is 39.7 Å². The molecular formula is C15H24O3. The van der Waals surface area contributed by atoms with Crippen molar-refractivity contribution < 1.29 is 14.6 Å². The second-order valence-corrected chi connectivity index (χ2v) is 4.58. The first-order valence-electron chi connectivity index (χ1n) is 6.61. The molecule has 0 bridgehead atoms. The lowest BCUT2D eigenvalue weighted by atomic mass is 10.1. The fourth-order valence-electron chi connectivity index (χ4n) is 1.80. The molecule has 0 heterocycles. The molecule has 18 heavy (non-hydrogen) atoms. The van der Waals surface area contributed by atoms with E-state index in [0.717, 1.165) is 24.2 Å². The molecule has 1 rings (SSSR count). The Kier molecular flexibility index (Phi) is 5.99. The number of aliphatic hydroxyl groups excluding tert-OH is 1. The summed E-state index contributed by atoms with van der Waals surface area (Å²) in [5, 5.41) is 9.53. The van der Waals surface area contributed by atoms with Gasteiger partial charge >= 0.3 is 0 Å². The SMILES string of the molecule is CCC(CC)COc1ccc([C@H](C)O)cc1OC. The van der Waals surface area contributed by atoms with Gasteiger partial charge in [-0.25, -0.2) is 0 Å². The number of hydrogen-bond donors (Lipinski definition) is 1. The van der Waals surface area contributed by atoms with Crippen LogP contribution in [0.2, 0.25) is 0 Å². The maximum Gasteiger partial charge on any atom is 0.161 e. The van der Waals surface area contributed by atoms with Gasteiger partial charge < -0.3 is 14.6 Å². The van der Waals surface area contributed by atoms with E-state index in [-0.39, 0.29) is 0 Å². The molecular weight excluding hydrogens is 228 g/mol. The lowest BCUT2D eigenvalue weighted by Gasteiger charge is -2.16. The highest BCUT2D eigenvalue weighted by atomic mass is 16.5. The summed E-state index contributed by atoms with van der Waals surface area (Å²) in [6.07, 6.45) is 1.74. The van der Waals surface area contributed by atoms with Gasteiger partial charge in [0.1, 0.15) is 0 Å². The molecule has 1 aromatic rings. The Balaban J connectivity index is 2.76. The van der Waals surface area contributed by atoms with Crippen molar-refractivity contribution in [1.29, 1.82) is 0 Å². The molecule has 0 aliphatic heterocycles. The summed E-state index contributed by atoms with van der Waals surface area (Å²) >= 11 is 0. The lowest BCUT2D eigenvalue weighted by molar-refractivity contribution is 0.197. The molecule has 0 aliphatic rings. The third kappa shape index (κ3) is 3.91. The van der Waals surface area contributed by atoms with E-state index in [1.165, 1.54) is 0 Å². The van der Waals surface area contributed by atoms with Gasteiger partial charge in [-0.15, -0.1) is 0 Å². The van der Waals surface area contributed by atoms with Crippen molar-refractivity contribution in [2.24, 2.45) is 5.92 Å². The minimum atomic E-state index is -0.494. The van der Waals surface area contributed by atoms with Crippen LogP contribution >= 0.6 is 0 Å². The van der Waals surface area contributed by atoms with Crippen LogP contribution in [-0.4, -0.2) is 18.8 Å². The van der Waals surface area contributed by atoms with Crippen LogP contribution in [0.25, 0.3) is 0 Å². The van der Waals surface area contributed by atoms with E-state index in [4.69, 9.17) is 9.47 Å². The molecule has 3 heteroatoms. The first-order valence-corrected chi connectivity index (χ1v) is 6.61. The van der Waals surface area contributed by atoms with E-state index >= 15 is 0 Å². The molecule has 0 amide bonds. The molecule has 0 aromatic heterocycles. The topological polar surface area (TPSA) is 38.7 Å². The number of rotatable bonds is 7. The van der Waals surface area contributed by atoms with E-state index in [1.54, 1.807) is 14.0 Å². The van der Waals surface area contributed by atoms with Gasteiger partial charge in [-0.1, -0.05) is 32.8 Å². The van der Waals surface area contributed by atoms with Crippen molar-refractivity contribution in [2.75, 3.05) is 13.7 Å². The van der Waals surface area contributed by atoms with Gasteiger partial charge in [-0.2, -0.15) is 0 Å². The molecule has 0 spiro atoms. The van der Waals surface area contributed by atoms with Gasteiger partial charge in [-0.05, 0) is 30.5 Å². The molecule has 0 unspecified atom stereocenters. The molecule has 0 saturated heterocycles. The Morgan fingerprint density at radius 1 is 1.17 bits per heavy atom. The molecule has 0 saturated carbocycles. The van der Waals surface area contributed by atoms with Crippen LogP contribution in [0, 0.1) is 5.92 Å². The van der Waals surface area contributed by atoms with Crippen LogP contribution in [0.1, 0.15) is 45.3 Å². The van der Waals surface area contributed by atoms with Crippen LogP contribution in [0.3, 0.4) is 0 Å². The van der Waals surface area contributed by atoms with E-state index in [0.29, 0.717) is 18.3 Å². The van der Waals surface area contributed by atoms with Crippen molar-refractivity contribution in [3.05, 3.63) is 23.8 Å². The predicted molar refractivity (Wildman–Crippen MR) is 73.2 cm³/mol. The molecule has 102 valence electrons. The first-order chi connectivity index (χ1) is 8.62. The van der Waals surface area contributed by atoms with Gasteiger partial charge in [0.2, 0.25) is 0 Å². The summed E-state index contributed by atoms with van der Waals surface area (Å²) in [7, 11) is 1.62. The van der Waals surface area contributed by atoms with Crippen molar-refractivity contribution in [3.8, 4) is 11.5 Å². The fraction of sp³-hybridized carbons (Fsp3) is 0.600. The second-order valence-electron chi connectivity index (χ2n) is 4.58. The Labute approximate surface area is 110 Å². The third-order valence-corrected chi connectivity index (χ3v) is 3.30. The van der Waals surface area contributed by atoms with Gasteiger partial charge in [0, 0.05) is 0 Å². The Morgan fingerprint density at radius 3 is 2.33 bits per heavy atom. The lowest BCUT2D eigenvalue weighted by Crippen LogP contribution is -2.10. The minimum absolute atomic E-state index is 0.494. The highest BCUT2D eigenvalue weighted by Gasteiger charge is 2.10. The monoisotopic (exact) mass is 252 g/mol. The number of aliphatic hydroxyl groups is 1. The summed E-state index contributed by atoms with van der Waals surface area (Å²) in [6.45, 7) is 6.79. The predicted octanol–water partition coefficient (Wildman–Crippen LogP) is 3.56. The molecule has 0 radical (unpaired) electrons. The maximum absolute atomic E-state index is 9.53. The highest BCUT2D eigenvalue weighted by molar-refractivity contribution is 5.43. The average Bonchev–Trinajstić information content (AvgIpc) is 2.39. The number of ether oxygens (including phenoxy) is 2.